The van der Waals surface area contributed by atoms with Crippen molar-refractivity contribution < 1.29 is 10.1 Å². The number of thiophene rings is 1. The number of carbonyl (C=O) groups excluding carboxylic acids is 1. The number of benzene rings is 2. The quantitative estimate of drug-likeness (QED) is 0.624. The average molecular weight is 400 g/mol. The molecule has 5 heteroatoms. The summed E-state index contributed by atoms with van der Waals surface area (Å²) in [5.74, 6) is -0.0579. The van der Waals surface area contributed by atoms with Crippen LogP contribution in [-0.4, -0.2) is 12.5 Å². The number of rotatable bonds is 6. The largest absolute Gasteiger partial charge is 0.328 e. The van der Waals surface area contributed by atoms with Gasteiger partial charge in [-0.2, -0.15) is 0 Å². The van der Waals surface area contributed by atoms with Crippen LogP contribution in [0.3, 0.4) is 0 Å². The number of carbonyl (C=O) groups is 1. The van der Waals surface area contributed by atoms with Gasteiger partial charge < -0.3 is 10.6 Å². The van der Waals surface area contributed by atoms with E-state index in [0.717, 1.165) is 11.1 Å². The number of aryl methyl sites for hydroxylation is 3. The topological polar surface area (TPSA) is 45.7 Å². The van der Waals surface area contributed by atoms with E-state index in [1.807, 2.05) is 32.0 Å². The third kappa shape index (κ3) is 4.98. The van der Waals surface area contributed by atoms with Gasteiger partial charge in [-0.1, -0.05) is 53.6 Å². The van der Waals surface area contributed by atoms with Crippen LogP contribution in [0.4, 0.5) is 5.69 Å². The maximum atomic E-state index is 12.6. The third-order valence-electron chi connectivity index (χ3n) is 4.52. The number of anilines is 1. The molecule has 27 heavy (non-hydrogen) atoms. The van der Waals surface area contributed by atoms with Gasteiger partial charge in [0.05, 0.1) is 15.6 Å². The van der Waals surface area contributed by atoms with Crippen molar-refractivity contribution >= 4 is 34.5 Å². The van der Waals surface area contributed by atoms with Gasteiger partial charge in [-0.05, 0) is 49.4 Å². The highest BCUT2D eigenvalue weighted by atomic mass is 35.5. The molecule has 2 aromatic carbocycles. The van der Waals surface area contributed by atoms with Crippen molar-refractivity contribution in [2.24, 2.45) is 0 Å². The lowest BCUT2D eigenvalue weighted by atomic mass is 10.0. The van der Waals surface area contributed by atoms with E-state index in [4.69, 9.17) is 11.6 Å². The molecule has 3 nitrogen and oxygen atoms in total. The Balaban J connectivity index is 1.72. The summed E-state index contributed by atoms with van der Waals surface area (Å²) in [5, 5.41) is 7.69. The molecule has 1 amide bonds. The van der Waals surface area contributed by atoms with Crippen molar-refractivity contribution in [3.8, 4) is 0 Å². The van der Waals surface area contributed by atoms with E-state index >= 15 is 0 Å². The highest BCUT2D eigenvalue weighted by Crippen LogP contribution is 2.27. The molecule has 0 spiro atoms. The van der Waals surface area contributed by atoms with Crippen LogP contribution >= 0.6 is 22.9 Å². The predicted molar refractivity (Wildman–Crippen MR) is 114 cm³/mol. The van der Waals surface area contributed by atoms with Crippen LogP contribution in [0.1, 0.15) is 33.2 Å². The molecular weight excluding hydrogens is 376 g/mol. The van der Waals surface area contributed by atoms with E-state index in [2.05, 4.69) is 53.3 Å². The number of nitrogens with two attached hydrogens (primary N) is 1. The van der Waals surface area contributed by atoms with Crippen molar-refractivity contribution in [3.05, 3.63) is 86.1 Å². The van der Waals surface area contributed by atoms with Gasteiger partial charge >= 0.3 is 0 Å². The standard InChI is InChI=1S/C22H23ClN2OS/c1-14-6-8-17(9-7-14)22(19-5-4-10-27-19)24-13-20(26)25-21-16(3)11-15(2)12-18(21)23/h4-12,22,24H,13H2,1-3H3,(H,25,26)/p+1/t22-/m0/s1. The molecule has 1 heterocycles. The Bertz CT molecular complexity index is 897. The van der Waals surface area contributed by atoms with Crippen molar-refractivity contribution in [2.45, 2.75) is 26.8 Å². The zero-order valence-corrected chi connectivity index (χ0v) is 17.3. The normalized spacial score (nSPS) is 12.0. The molecule has 140 valence electrons. The highest BCUT2D eigenvalue weighted by Gasteiger charge is 2.20. The first kappa shape index (κ1) is 19.6. The molecule has 1 atom stereocenters. The SMILES string of the molecule is Cc1ccc([C@H]([NH2+]CC(=O)Nc2c(C)cc(C)cc2Cl)c2cccs2)cc1. The van der Waals surface area contributed by atoms with Gasteiger partial charge in [-0.15, -0.1) is 11.3 Å². The molecule has 0 unspecified atom stereocenters. The number of nitrogens with one attached hydrogen (secondary N) is 1. The Morgan fingerprint density at radius 2 is 1.85 bits per heavy atom. The summed E-state index contributed by atoms with van der Waals surface area (Å²) in [6.07, 6.45) is 0. The summed E-state index contributed by atoms with van der Waals surface area (Å²) in [5.41, 5.74) is 5.18. The van der Waals surface area contributed by atoms with Crippen molar-refractivity contribution in [1.29, 1.82) is 0 Å². The summed E-state index contributed by atoms with van der Waals surface area (Å²) < 4.78 is 0. The van der Waals surface area contributed by atoms with Crippen molar-refractivity contribution in [3.63, 3.8) is 0 Å². The zero-order valence-electron chi connectivity index (χ0n) is 15.8. The van der Waals surface area contributed by atoms with Crippen molar-refractivity contribution in [1.82, 2.24) is 0 Å². The Labute approximate surface area is 169 Å². The molecular formula is C22H24ClN2OS+. The number of halogens is 1. The highest BCUT2D eigenvalue weighted by molar-refractivity contribution is 7.10. The van der Waals surface area contributed by atoms with E-state index in [1.54, 1.807) is 11.3 Å². The van der Waals surface area contributed by atoms with E-state index in [9.17, 15) is 4.79 Å². The molecule has 3 aromatic rings. The van der Waals surface area contributed by atoms with Gasteiger partial charge in [0.15, 0.2) is 6.54 Å². The van der Waals surface area contributed by atoms with Crippen LogP contribution in [-0.2, 0) is 4.79 Å². The van der Waals surface area contributed by atoms with Gasteiger partial charge in [0.2, 0.25) is 0 Å². The number of amides is 1. The number of quaternary nitrogens is 1. The van der Waals surface area contributed by atoms with Crippen LogP contribution in [0.15, 0.2) is 53.9 Å². The second kappa shape index (κ2) is 8.70. The maximum Gasteiger partial charge on any atom is 0.279 e. The second-order valence-corrected chi connectivity index (χ2v) is 8.22. The summed E-state index contributed by atoms with van der Waals surface area (Å²) in [6, 6.07) is 16.6. The first-order valence-corrected chi connectivity index (χ1v) is 10.2. The molecule has 1 aromatic heterocycles. The van der Waals surface area contributed by atoms with Gasteiger partial charge in [-0.25, -0.2) is 0 Å². The average Bonchev–Trinajstić information content (AvgIpc) is 3.14. The molecule has 0 aliphatic carbocycles. The van der Waals surface area contributed by atoms with Crippen LogP contribution in [0, 0.1) is 20.8 Å². The Kier molecular flexibility index (Phi) is 6.32. The molecule has 0 aliphatic rings. The van der Waals surface area contributed by atoms with Gasteiger partial charge in [0.25, 0.3) is 5.91 Å². The van der Waals surface area contributed by atoms with Gasteiger partial charge in [0.1, 0.15) is 6.04 Å². The summed E-state index contributed by atoms with van der Waals surface area (Å²) in [4.78, 5) is 13.8. The van der Waals surface area contributed by atoms with E-state index < -0.39 is 0 Å². The fourth-order valence-electron chi connectivity index (χ4n) is 3.15. The first-order valence-electron chi connectivity index (χ1n) is 8.94. The Hall–Kier alpha value is -2.14. The third-order valence-corrected chi connectivity index (χ3v) is 5.77. The molecule has 0 radical (unpaired) electrons. The van der Waals surface area contributed by atoms with Gasteiger partial charge in [0, 0.05) is 5.56 Å². The minimum atomic E-state index is -0.0579. The zero-order chi connectivity index (χ0) is 19.4. The van der Waals surface area contributed by atoms with E-state index in [-0.39, 0.29) is 11.9 Å². The lowest BCUT2D eigenvalue weighted by molar-refractivity contribution is -0.675. The van der Waals surface area contributed by atoms with E-state index in [0.29, 0.717) is 17.3 Å². The number of hydrogen-bond acceptors (Lipinski definition) is 2. The molecule has 0 saturated heterocycles. The molecule has 3 rings (SSSR count). The predicted octanol–water partition coefficient (Wildman–Crippen LogP) is 4.62. The molecule has 0 fully saturated rings. The second-order valence-electron chi connectivity index (χ2n) is 6.83. The minimum Gasteiger partial charge on any atom is -0.328 e. The fraction of sp³-hybridized carbons (Fsp3) is 0.227. The first-order chi connectivity index (χ1) is 12.9. The molecule has 0 saturated carbocycles. The monoisotopic (exact) mass is 399 g/mol. The van der Waals surface area contributed by atoms with Crippen LogP contribution < -0.4 is 10.6 Å². The van der Waals surface area contributed by atoms with Crippen molar-refractivity contribution in [2.75, 3.05) is 11.9 Å². The summed E-state index contributed by atoms with van der Waals surface area (Å²) >= 11 is 8.02. The van der Waals surface area contributed by atoms with Crippen LogP contribution in [0.2, 0.25) is 5.02 Å². The van der Waals surface area contributed by atoms with Crippen LogP contribution in [0.5, 0.6) is 0 Å². The molecule has 3 N–H and O–H groups in total. The Morgan fingerprint density at radius 3 is 2.48 bits per heavy atom. The van der Waals surface area contributed by atoms with Gasteiger partial charge in [-0.3, -0.25) is 4.79 Å². The maximum absolute atomic E-state index is 12.6. The van der Waals surface area contributed by atoms with E-state index in [1.165, 1.54) is 16.0 Å². The molecule has 0 aliphatic heterocycles. The summed E-state index contributed by atoms with van der Waals surface area (Å²) in [6.45, 7) is 6.35. The smallest absolute Gasteiger partial charge is 0.279 e. The van der Waals surface area contributed by atoms with Crippen LogP contribution in [0.25, 0.3) is 0 Å². The molecule has 0 bridgehead atoms. The lowest BCUT2D eigenvalue weighted by Gasteiger charge is -2.16. The Morgan fingerprint density at radius 1 is 1.11 bits per heavy atom. The lowest BCUT2D eigenvalue weighted by Crippen LogP contribution is -2.87. The fourth-order valence-corrected chi connectivity index (χ4v) is 4.37. The minimum absolute atomic E-state index is 0.0579. The number of hydrogen-bond donors (Lipinski definition) is 2. The summed E-state index contributed by atoms with van der Waals surface area (Å²) in [7, 11) is 0.